The molecule has 0 amide bonds. The summed E-state index contributed by atoms with van der Waals surface area (Å²) in [6.07, 6.45) is 1.86. The van der Waals surface area contributed by atoms with E-state index in [1.54, 1.807) is 11.3 Å². The van der Waals surface area contributed by atoms with Gasteiger partial charge >= 0.3 is 0 Å². The van der Waals surface area contributed by atoms with E-state index in [2.05, 4.69) is 29.8 Å². The Kier molecular flexibility index (Phi) is 4.19. The molecule has 0 aromatic carbocycles. The molecule has 0 saturated carbocycles. The molecule has 19 heavy (non-hydrogen) atoms. The van der Waals surface area contributed by atoms with Gasteiger partial charge in [0.05, 0.1) is 25.9 Å². The van der Waals surface area contributed by atoms with Crippen molar-refractivity contribution in [3.05, 3.63) is 22.4 Å². The van der Waals surface area contributed by atoms with Crippen LogP contribution in [0.4, 0.5) is 0 Å². The molecule has 5 heteroatoms. The third-order valence-electron chi connectivity index (χ3n) is 3.79. The monoisotopic (exact) mass is 283 g/mol. The number of hydrogen-bond donors (Lipinski definition) is 1. The van der Waals surface area contributed by atoms with E-state index in [9.17, 15) is 0 Å². The smallest absolute Gasteiger partial charge is 0.173 e. The van der Waals surface area contributed by atoms with Crippen LogP contribution in [0.3, 0.4) is 0 Å². The maximum atomic E-state index is 6.10. The Labute approximate surface area is 118 Å². The average molecular weight is 283 g/mol. The second kappa shape index (κ2) is 5.89. The van der Waals surface area contributed by atoms with Gasteiger partial charge in [-0.1, -0.05) is 6.07 Å². The molecule has 4 nitrogen and oxygen atoms in total. The minimum absolute atomic E-state index is 0.153. The Balaban J connectivity index is 1.47. The fourth-order valence-corrected chi connectivity index (χ4v) is 3.37. The lowest BCUT2D eigenvalue weighted by Gasteiger charge is -2.31. The lowest BCUT2D eigenvalue weighted by molar-refractivity contribution is -0.210. The summed E-state index contributed by atoms with van der Waals surface area (Å²) in [5.74, 6) is -0.364. The minimum atomic E-state index is -0.364. The Bertz CT molecular complexity index is 389. The number of nitrogens with one attached hydrogen (secondary N) is 1. The van der Waals surface area contributed by atoms with Crippen molar-refractivity contribution in [2.75, 3.05) is 26.4 Å². The van der Waals surface area contributed by atoms with Crippen LogP contribution in [-0.4, -0.2) is 38.3 Å². The van der Waals surface area contributed by atoms with Crippen LogP contribution >= 0.6 is 11.3 Å². The zero-order valence-corrected chi connectivity index (χ0v) is 12.1. The molecule has 2 fully saturated rings. The van der Waals surface area contributed by atoms with Gasteiger partial charge in [-0.25, -0.2) is 0 Å². The molecule has 1 aromatic heterocycles. The SMILES string of the molecule is C[C@H](NC[C@H]1COC2(CCOCC2)O1)c1cccs1. The van der Waals surface area contributed by atoms with E-state index in [4.69, 9.17) is 14.2 Å². The molecule has 106 valence electrons. The fourth-order valence-electron chi connectivity index (χ4n) is 2.61. The van der Waals surface area contributed by atoms with Gasteiger partial charge in [0.1, 0.15) is 0 Å². The molecule has 1 N–H and O–H groups in total. The number of thiophene rings is 1. The first-order valence-electron chi connectivity index (χ1n) is 6.94. The molecular weight excluding hydrogens is 262 g/mol. The van der Waals surface area contributed by atoms with Crippen LogP contribution in [0.15, 0.2) is 17.5 Å². The van der Waals surface area contributed by atoms with E-state index in [0.717, 1.165) is 32.6 Å². The maximum Gasteiger partial charge on any atom is 0.173 e. The van der Waals surface area contributed by atoms with Gasteiger partial charge in [0.2, 0.25) is 0 Å². The van der Waals surface area contributed by atoms with Gasteiger partial charge in [-0.3, -0.25) is 0 Å². The van der Waals surface area contributed by atoms with E-state index >= 15 is 0 Å². The normalized spacial score (nSPS) is 27.7. The Morgan fingerprint density at radius 2 is 2.32 bits per heavy atom. The minimum Gasteiger partial charge on any atom is -0.381 e. The summed E-state index contributed by atoms with van der Waals surface area (Å²) >= 11 is 1.78. The summed E-state index contributed by atoms with van der Waals surface area (Å²) in [5, 5.41) is 5.63. The average Bonchev–Trinajstić information content (AvgIpc) is 3.08. The largest absolute Gasteiger partial charge is 0.381 e. The van der Waals surface area contributed by atoms with Crippen LogP contribution in [0.1, 0.15) is 30.7 Å². The highest BCUT2D eigenvalue weighted by Crippen LogP contribution is 2.33. The molecule has 1 spiro atoms. The molecule has 0 aliphatic carbocycles. The summed E-state index contributed by atoms with van der Waals surface area (Å²) in [4.78, 5) is 1.36. The first-order chi connectivity index (χ1) is 9.27. The van der Waals surface area contributed by atoms with E-state index in [0.29, 0.717) is 12.6 Å². The van der Waals surface area contributed by atoms with Crippen LogP contribution in [0.25, 0.3) is 0 Å². The van der Waals surface area contributed by atoms with Crippen molar-refractivity contribution in [3.8, 4) is 0 Å². The van der Waals surface area contributed by atoms with Gasteiger partial charge in [0.25, 0.3) is 0 Å². The van der Waals surface area contributed by atoms with Crippen LogP contribution in [0.5, 0.6) is 0 Å². The summed E-state index contributed by atoms with van der Waals surface area (Å²) in [5.41, 5.74) is 0. The number of ether oxygens (including phenoxy) is 3. The van der Waals surface area contributed by atoms with Crippen molar-refractivity contribution in [2.45, 2.75) is 37.7 Å². The number of rotatable bonds is 4. The predicted octanol–water partition coefficient (Wildman–Crippen LogP) is 2.32. The first-order valence-corrected chi connectivity index (χ1v) is 7.82. The lowest BCUT2D eigenvalue weighted by atomic mass is 10.1. The van der Waals surface area contributed by atoms with E-state index in [-0.39, 0.29) is 11.9 Å². The molecule has 2 aliphatic heterocycles. The van der Waals surface area contributed by atoms with Crippen molar-refractivity contribution in [3.63, 3.8) is 0 Å². The van der Waals surface area contributed by atoms with Crippen molar-refractivity contribution in [2.24, 2.45) is 0 Å². The second-order valence-corrected chi connectivity index (χ2v) is 6.20. The van der Waals surface area contributed by atoms with Crippen LogP contribution in [0, 0.1) is 0 Å². The highest BCUT2D eigenvalue weighted by atomic mass is 32.1. The van der Waals surface area contributed by atoms with Gasteiger partial charge in [-0.2, -0.15) is 0 Å². The van der Waals surface area contributed by atoms with Crippen LogP contribution in [0.2, 0.25) is 0 Å². The standard InChI is InChI=1S/C14H21NO3S/c1-11(13-3-2-8-19-13)15-9-12-10-17-14(18-12)4-6-16-7-5-14/h2-3,8,11-12,15H,4-7,9-10H2,1H3/t11-,12-/m0/s1. The maximum absolute atomic E-state index is 6.10. The Morgan fingerprint density at radius 1 is 1.47 bits per heavy atom. The Hall–Kier alpha value is -0.460. The molecule has 2 saturated heterocycles. The fraction of sp³-hybridized carbons (Fsp3) is 0.714. The zero-order valence-electron chi connectivity index (χ0n) is 11.3. The summed E-state index contributed by atoms with van der Waals surface area (Å²) in [6.45, 7) is 5.19. The molecule has 2 aliphatic rings. The van der Waals surface area contributed by atoms with Gasteiger partial charge in [0.15, 0.2) is 5.79 Å². The van der Waals surface area contributed by atoms with E-state index in [1.165, 1.54) is 4.88 Å². The van der Waals surface area contributed by atoms with Crippen molar-refractivity contribution >= 4 is 11.3 Å². The third kappa shape index (κ3) is 3.17. The highest BCUT2D eigenvalue weighted by molar-refractivity contribution is 7.10. The van der Waals surface area contributed by atoms with E-state index < -0.39 is 0 Å². The molecule has 0 bridgehead atoms. The van der Waals surface area contributed by atoms with Crippen LogP contribution < -0.4 is 5.32 Å². The van der Waals surface area contributed by atoms with Gasteiger partial charge in [-0.05, 0) is 18.4 Å². The second-order valence-electron chi connectivity index (χ2n) is 5.22. The summed E-state index contributed by atoms with van der Waals surface area (Å²) in [7, 11) is 0. The third-order valence-corrected chi connectivity index (χ3v) is 4.85. The molecule has 0 radical (unpaired) electrons. The predicted molar refractivity (Wildman–Crippen MR) is 74.3 cm³/mol. The lowest BCUT2D eigenvalue weighted by Crippen LogP contribution is -2.39. The summed E-state index contributed by atoms with van der Waals surface area (Å²) < 4.78 is 17.3. The molecular formula is C14H21NO3S. The summed E-state index contributed by atoms with van der Waals surface area (Å²) in [6, 6.07) is 4.62. The highest BCUT2D eigenvalue weighted by Gasteiger charge is 2.42. The molecule has 3 heterocycles. The zero-order chi connectivity index (χ0) is 13.1. The van der Waals surface area contributed by atoms with Gasteiger partial charge < -0.3 is 19.5 Å². The first kappa shape index (κ1) is 13.5. The molecule has 0 unspecified atom stereocenters. The molecule has 3 rings (SSSR count). The Morgan fingerprint density at radius 3 is 3.05 bits per heavy atom. The van der Waals surface area contributed by atoms with Gasteiger partial charge in [-0.15, -0.1) is 11.3 Å². The van der Waals surface area contributed by atoms with Crippen LogP contribution in [-0.2, 0) is 14.2 Å². The van der Waals surface area contributed by atoms with Crippen molar-refractivity contribution in [1.82, 2.24) is 5.32 Å². The van der Waals surface area contributed by atoms with E-state index in [1.807, 2.05) is 0 Å². The van der Waals surface area contributed by atoms with Crippen molar-refractivity contribution < 1.29 is 14.2 Å². The topological polar surface area (TPSA) is 39.7 Å². The number of hydrogen-bond acceptors (Lipinski definition) is 5. The molecule has 1 aromatic rings. The quantitative estimate of drug-likeness (QED) is 0.920. The van der Waals surface area contributed by atoms with Crippen molar-refractivity contribution in [1.29, 1.82) is 0 Å². The van der Waals surface area contributed by atoms with Gasteiger partial charge in [0, 0.05) is 30.3 Å². The molecule has 2 atom stereocenters.